The lowest BCUT2D eigenvalue weighted by molar-refractivity contribution is -0.108. The molecule has 0 bridgehead atoms. The number of methoxy groups -OCH3 is 1. The van der Waals surface area contributed by atoms with Gasteiger partial charge in [-0.2, -0.15) is 0 Å². The maximum Gasteiger partial charge on any atom is 0.128 e. The maximum atomic E-state index is 10.8. The number of aldehydes is 1. The zero-order chi connectivity index (χ0) is 14.7. The first kappa shape index (κ1) is 14.9. The zero-order valence-electron chi connectivity index (χ0n) is 11.2. The first-order valence-corrected chi connectivity index (χ1v) is 6.91. The summed E-state index contributed by atoms with van der Waals surface area (Å²) in [5.74, 6) is 0.490. The van der Waals surface area contributed by atoms with E-state index in [-0.39, 0.29) is 5.92 Å². The molecule has 0 aliphatic heterocycles. The number of halogens is 2. The van der Waals surface area contributed by atoms with Gasteiger partial charge in [-0.1, -0.05) is 42.3 Å². The quantitative estimate of drug-likeness (QED) is 0.745. The molecule has 20 heavy (non-hydrogen) atoms. The average molecular weight is 309 g/mol. The minimum absolute atomic E-state index is 0.173. The van der Waals surface area contributed by atoms with Crippen LogP contribution in [0.25, 0.3) is 11.1 Å². The van der Waals surface area contributed by atoms with E-state index < -0.39 is 0 Å². The molecule has 0 N–H and O–H groups in total. The third-order valence-electron chi connectivity index (χ3n) is 3.18. The standard InChI is InChI=1S/C16H14Cl2O2/c1-10(9-19)11-3-5-13(15(18)7-11)14-6-4-12(17)8-16(14)20-2/h3-10H,1-2H3. The number of hydrogen-bond acceptors (Lipinski definition) is 2. The van der Waals surface area contributed by atoms with Crippen molar-refractivity contribution in [1.29, 1.82) is 0 Å². The van der Waals surface area contributed by atoms with Gasteiger partial charge in [-0.15, -0.1) is 0 Å². The van der Waals surface area contributed by atoms with E-state index in [1.807, 2.05) is 31.2 Å². The summed E-state index contributed by atoms with van der Waals surface area (Å²) in [6.45, 7) is 1.83. The summed E-state index contributed by atoms with van der Waals surface area (Å²) in [5.41, 5.74) is 2.61. The second-order valence-electron chi connectivity index (χ2n) is 4.51. The molecule has 0 saturated carbocycles. The number of carbonyl (C=O) groups excluding carboxylic acids is 1. The Bertz CT molecular complexity index is 638. The van der Waals surface area contributed by atoms with Crippen molar-refractivity contribution in [3.63, 3.8) is 0 Å². The summed E-state index contributed by atoms with van der Waals surface area (Å²) in [7, 11) is 1.59. The monoisotopic (exact) mass is 308 g/mol. The van der Waals surface area contributed by atoms with Crippen molar-refractivity contribution in [1.82, 2.24) is 0 Å². The molecular formula is C16H14Cl2O2. The molecule has 0 heterocycles. The molecule has 2 aromatic carbocycles. The van der Waals surface area contributed by atoms with Crippen molar-refractivity contribution in [2.45, 2.75) is 12.8 Å². The van der Waals surface area contributed by atoms with Crippen LogP contribution in [0.2, 0.25) is 10.0 Å². The largest absolute Gasteiger partial charge is 0.496 e. The molecule has 0 aliphatic carbocycles. The van der Waals surface area contributed by atoms with Crippen LogP contribution < -0.4 is 4.74 Å². The highest BCUT2D eigenvalue weighted by molar-refractivity contribution is 6.33. The van der Waals surface area contributed by atoms with E-state index in [9.17, 15) is 4.79 Å². The number of hydrogen-bond donors (Lipinski definition) is 0. The van der Waals surface area contributed by atoms with Crippen LogP contribution in [-0.2, 0) is 4.79 Å². The highest BCUT2D eigenvalue weighted by Crippen LogP contribution is 2.37. The molecule has 1 atom stereocenters. The predicted octanol–water partition coefficient (Wildman–Crippen LogP) is 4.97. The Hall–Kier alpha value is -1.51. The smallest absolute Gasteiger partial charge is 0.128 e. The fraction of sp³-hybridized carbons (Fsp3) is 0.188. The van der Waals surface area contributed by atoms with Crippen molar-refractivity contribution in [3.8, 4) is 16.9 Å². The average Bonchev–Trinajstić information content (AvgIpc) is 2.46. The number of carbonyl (C=O) groups is 1. The molecule has 2 nitrogen and oxygen atoms in total. The molecule has 2 aromatic rings. The number of rotatable bonds is 4. The van der Waals surface area contributed by atoms with Gasteiger partial charge in [0.1, 0.15) is 12.0 Å². The fourth-order valence-corrected chi connectivity index (χ4v) is 2.45. The van der Waals surface area contributed by atoms with Gasteiger partial charge in [0.15, 0.2) is 0 Å². The topological polar surface area (TPSA) is 26.3 Å². The summed E-state index contributed by atoms with van der Waals surface area (Å²) in [6.07, 6.45) is 0.897. The van der Waals surface area contributed by atoms with Gasteiger partial charge in [0.2, 0.25) is 0 Å². The van der Waals surface area contributed by atoms with Crippen LogP contribution in [-0.4, -0.2) is 13.4 Å². The lowest BCUT2D eigenvalue weighted by Gasteiger charge is -2.12. The number of benzene rings is 2. The van der Waals surface area contributed by atoms with Crippen molar-refractivity contribution in [3.05, 3.63) is 52.0 Å². The van der Waals surface area contributed by atoms with Gasteiger partial charge in [0, 0.05) is 27.1 Å². The molecule has 0 radical (unpaired) electrons. The summed E-state index contributed by atoms with van der Waals surface area (Å²) < 4.78 is 5.34. The van der Waals surface area contributed by atoms with Crippen LogP contribution in [0.3, 0.4) is 0 Å². The van der Waals surface area contributed by atoms with Crippen molar-refractivity contribution in [2.24, 2.45) is 0 Å². The molecule has 2 rings (SSSR count). The third-order valence-corrected chi connectivity index (χ3v) is 3.72. The van der Waals surface area contributed by atoms with E-state index in [2.05, 4.69) is 0 Å². The van der Waals surface area contributed by atoms with Crippen molar-refractivity contribution >= 4 is 29.5 Å². The van der Waals surface area contributed by atoms with E-state index in [4.69, 9.17) is 27.9 Å². The lowest BCUT2D eigenvalue weighted by atomic mass is 9.98. The molecule has 0 spiro atoms. The summed E-state index contributed by atoms with van der Waals surface area (Å²) in [4.78, 5) is 10.8. The van der Waals surface area contributed by atoms with Crippen LogP contribution in [0.5, 0.6) is 5.75 Å². The maximum absolute atomic E-state index is 10.8. The van der Waals surface area contributed by atoms with Gasteiger partial charge in [-0.05, 0) is 29.8 Å². The normalized spacial score (nSPS) is 12.0. The molecule has 0 aliphatic rings. The van der Waals surface area contributed by atoms with Gasteiger partial charge in [-0.3, -0.25) is 0 Å². The Morgan fingerprint density at radius 1 is 1.10 bits per heavy atom. The van der Waals surface area contributed by atoms with Crippen LogP contribution in [0.4, 0.5) is 0 Å². The van der Waals surface area contributed by atoms with E-state index >= 15 is 0 Å². The Morgan fingerprint density at radius 3 is 2.40 bits per heavy atom. The first-order valence-electron chi connectivity index (χ1n) is 6.15. The molecule has 0 amide bonds. The van der Waals surface area contributed by atoms with E-state index in [0.29, 0.717) is 15.8 Å². The Balaban J connectivity index is 2.51. The Kier molecular flexibility index (Phi) is 4.69. The van der Waals surface area contributed by atoms with Crippen molar-refractivity contribution in [2.75, 3.05) is 7.11 Å². The Morgan fingerprint density at radius 2 is 1.80 bits per heavy atom. The van der Waals surface area contributed by atoms with Gasteiger partial charge in [0.05, 0.1) is 7.11 Å². The molecule has 4 heteroatoms. The minimum Gasteiger partial charge on any atom is -0.496 e. The SMILES string of the molecule is COc1cc(Cl)ccc1-c1ccc(C(C)C=O)cc1Cl. The van der Waals surface area contributed by atoms with Gasteiger partial charge in [-0.25, -0.2) is 0 Å². The van der Waals surface area contributed by atoms with Crippen LogP contribution in [0.15, 0.2) is 36.4 Å². The van der Waals surface area contributed by atoms with Crippen LogP contribution >= 0.6 is 23.2 Å². The first-order chi connectivity index (χ1) is 9.56. The second kappa shape index (κ2) is 6.29. The number of ether oxygens (including phenoxy) is 1. The van der Waals surface area contributed by atoms with Gasteiger partial charge < -0.3 is 9.53 Å². The highest BCUT2D eigenvalue weighted by atomic mass is 35.5. The minimum atomic E-state index is -0.173. The van der Waals surface area contributed by atoms with E-state index in [1.54, 1.807) is 19.2 Å². The van der Waals surface area contributed by atoms with E-state index in [0.717, 1.165) is 23.0 Å². The van der Waals surface area contributed by atoms with Crippen LogP contribution in [0, 0.1) is 0 Å². The second-order valence-corrected chi connectivity index (χ2v) is 5.35. The molecule has 0 fully saturated rings. The zero-order valence-corrected chi connectivity index (χ0v) is 12.7. The van der Waals surface area contributed by atoms with Crippen molar-refractivity contribution < 1.29 is 9.53 Å². The predicted molar refractivity (Wildman–Crippen MR) is 82.9 cm³/mol. The molecule has 104 valence electrons. The molecular weight excluding hydrogens is 295 g/mol. The lowest BCUT2D eigenvalue weighted by Crippen LogP contribution is -1.95. The summed E-state index contributed by atoms with van der Waals surface area (Å²) in [5, 5.41) is 1.18. The summed E-state index contributed by atoms with van der Waals surface area (Å²) >= 11 is 12.3. The highest BCUT2D eigenvalue weighted by Gasteiger charge is 2.12. The third kappa shape index (κ3) is 2.97. The Labute approximate surface area is 128 Å². The van der Waals surface area contributed by atoms with Gasteiger partial charge >= 0.3 is 0 Å². The van der Waals surface area contributed by atoms with Gasteiger partial charge in [0.25, 0.3) is 0 Å². The summed E-state index contributed by atoms with van der Waals surface area (Å²) in [6, 6.07) is 11.0. The van der Waals surface area contributed by atoms with E-state index in [1.165, 1.54) is 0 Å². The molecule has 0 saturated heterocycles. The van der Waals surface area contributed by atoms with Crippen LogP contribution in [0.1, 0.15) is 18.4 Å². The fourth-order valence-electron chi connectivity index (χ4n) is 2.00. The molecule has 0 aromatic heterocycles. The molecule has 1 unspecified atom stereocenters.